The highest BCUT2D eigenvalue weighted by atomic mass is 35.5. The summed E-state index contributed by atoms with van der Waals surface area (Å²) in [6.45, 7) is 4.50. The third-order valence-corrected chi connectivity index (χ3v) is 6.66. The molecule has 0 aliphatic carbocycles. The number of nitrogen functional groups attached to an aromatic ring is 1. The van der Waals surface area contributed by atoms with Crippen LogP contribution in [-0.4, -0.2) is 55.0 Å². The summed E-state index contributed by atoms with van der Waals surface area (Å²) in [5, 5.41) is 9.53. The lowest BCUT2D eigenvalue weighted by Gasteiger charge is -2.30. The molecule has 188 valence electrons. The maximum atomic E-state index is 11.2. The van der Waals surface area contributed by atoms with Gasteiger partial charge in [-0.1, -0.05) is 17.5 Å². The molecule has 1 unspecified atom stereocenters. The maximum Gasteiger partial charge on any atom is 0.335 e. The highest BCUT2D eigenvalue weighted by Gasteiger charge is 2.27. The SMILES string of the molecule is CC#CCN1CCCC(c2nc(-c3ccc(Oc4cc(C(=O)O)ccn4)c(Cl)c3)n3c(N)nccc23)C1. The van der Waals surface area contributed by atoms with E-state index in [4.69, 9.17) is 27.1 Å². The van der Waals surface area contributed by atoms with E-state index in [-0.39, 0.29) is 17.4 Å². The number of halogens is 1. The first-order valence-electron chi connectivity index (χ1n) is 11.9. The number of carbonyl (C=O) groups is 1. The van der Waals surface area contributed by atoms with Crippen molar-refractivity contribution in [3.8, 4) is 34.9 Å². The van der Waals surface area contributed by atoms with Crippen LogP contribution in [0.4, 0.5) is 5.95 Å². The summed E-state index contributed by atoms with van der Waals surface area (Å²) < 4.78 is 7.61. The van der Waals surface area contributed by atoms with Crippen LogP contribution in [-0.2, 0) is 0 Å². The number of likely N-dealkylation sites (tertiary alicyclic amines) is 1. The molecule has 0 radical (unpaired) electrons. The second-order valence-corrected chi connectivity index (χ2v) is 9.19. The van der Waals surface area contributed by atoms with Crippen molar-refractivity contribution < 1.29 is 14.6 Å². The van der Waals surface area contributed by atoms with E-state index in [1.165, 1.54) is 18.3 Å². The Kier molecular flexibility index (Phi) is 6.95. The number of fused-ring (bicyclic) bond motifs is 1. The Labute approximate surface area is 218 Å². The molecule has 3 N–H and O–H groups in total. The zero-order valence-corrected chi connectivity index (χ0v) is 20.9. The normalized spacial score (nSPS) is 15.8. The predicted octanol–water partition coefficient (Wildman–Crippen LogP) is 4.72. The lowest BCUT2D eigenvalue weighted by molar-refractivity contribution is 0.0696. The molecule has 10 heteroatoms. The molecule has 1 saturated heterocycles. The smallest absolute Gasteiger partial charge is 0.335 e. The summed E-state index contributed by atoms with van der Waals surface area (Å²) in [7, 11) is 0. The van der Waals surface area contributed by atoms with Crippen LogP contribution in [0.15, 0.2) is 48.8 Å². The van der Waals surface area contributed by atoms with Gasteiger partial charge in [-0.25, -0.2) is 19.7 Å². The Morgan fingerprint density at radius 1 is 1.24 bits per heavy atom. The van der Waals surface area contributed by atoms with Gasteiger partial charge in [0.05, 0.1) is 28.3 Å². The van der Waals surface area contributed by atoms with Crippen LogP contribution < -0.4 is 10.5 Å². The molecule has 1 aromatic carbocycles. The molecule has 3 aromatic heterocycles. The van der Waals surface area contributed by atoms with E-state index in [0.29, 0.717) is 22.5 Å². The number of anilines is 1. The Balaban J connectivity index is 1.49. The largest absolute Gasteiger partial charge is 0.478 e. The molecule has 0 spiro atoms. The van der Waals surface area contributed by atoms with E-state index < -0.39 is 5.97 Å². The van der Waals surface area contributed by atoms with Gasteiger partial charge in [-0.05, 0) is 56.6 Å². The van der Waals surface area contributed by atoms with E-state index in [9.17, 15) is 9.90 Å². The third-order valence-electron chi connectivity index (χ3n) is 6.37. The zero-order chi connectivity index (χ0) is 25.9. The molecule has 5 rings (SSSR count). The second-order valence-electron chi connectivity index (χ2n) is 8.78. The molecule has 1 atom stereocenters. The predicted molar refractivity (Wildman–Crippen MR) is 141 cm³/mol. The minimum absolute atomic E-state index is 0.0696. The van der Waals surface area contributed by atoms with Gasteiger partial charge in [0.25, 0.3) is 0 Å². The van der Waals surface area contributed by atoms with Crippen LogP contribution in [0.3, 0.4) is 0 Å². The lowest BCUT2D eigenvalue weighted by atomic mass is 9.94. The molecule has 9 nitrogen and oxygen atoms in total. The summed E-state index contributed by atoms with van der Waals surface area (Å²) in [6, 6.07) is 9.94. The number of imidazole rings is 1. The van der Waals surface area contributed by atoms with Crippen LogP contribution in [0.1, 0.15) is 41.7 Å². The molecule has 37 heavy (non-hydrogen) atoms. The minimum atomic E-state index is -1.07. The van der Waals surface area contributed by atoms with Gasteiger partial charge >= 0.3 is 5.97 Å². The van der Waals surface area contributed by atoms with Gasteiger partial charge in [0.2, 0.25) is 11.8 Å². The van der Waals surface area contributed by atoms with E-state index in [2.05, 4.69) is 26.7 Å². The van der Waals surface area contributed by atoms with Crippen LogP contribution in [0.5, 0.6) is 11.6 Å². The topological polar surface area (TPSA) is 119 Å². The highest BCUT2D eigenvalue weighted by molar-refractivity contribution is 6.32. The first-order chi connectivity index (χ1) is 17.9. The van der Waals surface area contributed by atoms with Gasteiger partial charge < -0.3 is 15.6 Å². The first-order valence-corrected chi connectivity index (χ1v) is 12.2. The van der Waals surface area contributed by atoms with Crippen molar-refractivity contribution in [1.82, 2.24) is 24.3 Å². The number of aromatic carboxylic acids is 1. The van der Waals surface area contributed by atoms with Crippen LogP contribution in [0, 0.1) is 11.8 Å². The Morgan fingerprint density at radius 3 is 2.86 bits per heavy atom. The molecule has 1 aliphatic heterocycles. The number of ether oxygens (including phenoxy) is 1. The van der Waals surface area contributed by atoms with Crippen molar-refractivity contribution in [1.29, 1.82) is 0 Å². The van der Waals surface area contributed by atoms with E-state index in [0.717, 1.165) is 49.2 Å². The Morgan fingerprint density at radius 2 is 2.08 bits per heavy atom. The first kappa shape index (κ1) is 24.6. The fraction of sp³-hybridized carbons (Fsp3) is 0.259. The van der Waals surface area contributed by atoms with E-state index >= 15 is 0 Å². The molecular formula is C27H25ClN6O3. The summed E-state index contributed by atoms with van der Waals surface area (Å²) in [5.74, 6) is 6.76. The number of hydrogen-bond acceptors (Lipinski definition) is 7. The standard InChI is InChI=1S/C27H25ClN6O3/c1-2-3-12-33-13-4-5-19(16-33)24-21-9-11-31-27(29)34(21)25(32-24)17-6-7-22(20(28)14-17)37-23-15-18(26(35)36)8-10-30-23/h6-11,14-15,19H,4-5,12-13,16H2,1H3,(H2,29,31)(H,35,36). The second kappa shape index (κ2) is 10.5. The van der Waals surface area contributed by atoms with Crippen molar-refractivity contribution in [2.75, 3.05) is 25.4 Å². The fourth-order valence-electron chi connectivity index (χ4n) is 4.62. The molecular weight excluding hydrogens is 492 g/mol. The number of piperidine rings is 1. The van der Waals surface area contributed by atoms with Crippen LogP contribution in [0.25, 0.3) is 16.9 Å². The molecule has 0 bridgehead atoms. The Bertz CT molecular complexity index is 1540. The van der Waals surface area contributed by atoms with Gasteiger partial charge in [0, 0.05) is 36.5 Å². The number of hydrogen-bond donors (Lipinski definition) is 2. The molecule has 1 fully saturated rings. The number of carboxylic acid groups (broad SMARTS) is 1. The number of nitrogens with zero attached hydrogens (tertiary/aromatic N) is 5. The summed E-state index contributed by atoms with van der Waals surface area (Å²) in [4.78, 5) is 27.0. The number of benzene rings is 1. The molecule has 1 aliphatic rings. The van der Waals surface area contributed by atoms with Crippen LogP contribution in [0.2, 0.25) is 5.02 Å². The monoisotopic (exact) mass is 516 g/mol. The summed E-state index contributed by atoms with van der Waals surface area (Å²) >= 11 is 6.57. The molecule has 0 saturated carbocycles. The van der Waals surface area contributed by atoms with E-state index in [1.807, 2.05) is 23.5 Å². The van der Waals surface area contributed by atoms with E-state index in [1.54, 1.807) is 18.3 Å². The van der Waals surface area contributed by atoms with Crippen molar-refractivity contribution in [3.05, 3.63) is 65.1 Å². The molecule has 4 heterocycles. The third kappa shape index (κ3) is 5.07. The fourth-order valence-corrected chi connectivity index (χ4v) is 4.84. The highest BCUT2D eigenvalue weighted by Crippen LogP contribution is 2.36. The average Bonchev–Trinajstić information content (AvgIpc) is 3.30. The summed E-state index contributed by atoms with van der Waals surface area (Å²) in [5.41, 5.74) is 9.02. The number of carboxylic acids is 1. The number of rotatable bonds is 6. The molecule has 0 amide bonds. The number of aromatic nitrogens is 4. The van der Waals surface area contributed by atoms with Gasteiger partial charge in [-0.2, -0.15) is 0 Å². The average molecular weight is 517 g/mol. The number of pyridine rings is 1. The van der Waals surface area contributed by atoms with Gasteiger partial charge in [-0.3, -0.25) is 9.30 Å². The molecule has 4 aromatic rings. The quantitative estimate of drug-likeness (QED) is 0.353. The van der Waals surface area contributed by atoms with Crippen molar-refractivity contribution in [2.24, 2.45) is 0 Å². The lowest BCUT2D eigenvalue weighted by Crippen LogP contribution is -2.34. The zero-order valence-electron chi connectivity index (χ0n) is 20.2. The van der Waals surface area contributed by atoms with Gasteiger partial charge in [0.15, 0.2) is 0 Å². The number of nitrogens with two attached hydrogens (primary N) is 1. The van der Waals surface area contributed by atoms with Crippen molar-refractivity contribution in [3.63, 3.8) is 0 Å². The summed E-state index contributed by atoms with van der Waals surface area (Å²) in [6.07, 6.45) is 5.17. The van der Waals surface area contributed by atoms with Crippen molar-refractivity contribution in [2.45, 2.75) is 25.7 Å². The van der Waals surface area contributed by atoms with Crippen LogP contribution >= 0.6 is 11.6 Å². The van der Waals surface area contributed by atoms with Crippen molar-refractivity contribution >= 4 is 29.0 Å². The minimum Gasteiger partial charge on any atom is -0.478 e. The van der Waals surface area contributed by atoms with Gasteiger partial charge in [0.1, 0.15) is 11.6 Å². The maximum absolute atomic E-state index is 11.2. The van der Waals surface area contributed by atoms with Gasteiger partial charge in [-0.15, -0.1) is 5.92 Å². The Hall–Kier alpha value is -4.13.